The molecular formula is C28H29Cl2FN2O. The van der Waals surface area contributed by atoms with Crippen LogP contribution in [0.5, 0.6) is 0 Å². The van der Waals surface area contributed by atoms with Crippen molar-refractivity contribution in [1.29, 1.82) is 0 Å². The summed E-state index contributed by atoms with van der Waals surface area (Å²) in [6, 6.07) is 21.2. The highest BCUT2D eigenvalue weighted by molar-refractivity contribution is 6.30. The molecule has 34 heavy (non-hydrogen) atoms. The molecule has 0 aliphatic carbocycles. The van der Waals surface area contributed by atoms with Crippen LogP contribution in [0.2, 0.25) is 10.0 Å². The van der Waals surface area contributed by atoms with Gasteiger partial charge in [-0.25, -0.2) is 4.39 Å². The first-order valence-electron chi connectivity index (χ1n) is 11.9. The molecule has 178 valence electrons. The van der Waals surface area contributed by atoms with Gasteiger partial charge in [0.25, 0.3) is 0 Å². The molecule has 5 rings (SSSR count). The van der Waals surface area contributed by atoms with Gasteiger partial charge in [-0.3, -0.25) is 4.90 Å². The van der Waals surface area contributed by atoms with Gasteiger partial charge in [-0.1, -0.05) is 41.4 Å². The maximum absolute atomic E-state index is 13.2. The van der Waals surface area contributed by atoms with Crippen molar-refractivity contribution in [2.75, 3.05) is 44.2 Å². The topological polar surface area (TPSA) is 15.7 Å². The molecule has 1 saturated heterocycles. The molecule has 2 heterocycles. The Labute approximate surface area is 211 Å². The van der Waals surface area contributed by atoms with Crippen molar-refractivity contribution in [3.05, 3.63) is 99.3 Å². The third-order valence-electron chi connectivity index (χ3n) is 7.23. The van der Waals surface area contributed by atoms with E-state index in [1.807, 2.05) is 36.4 Å². The molecule has 0 amide bonds. The Kier molecular flexibility index (Phi) is 7.12. The van der Waals surface area contributed by atoms with Crippen LogP contribution < -0.4 is 4.90 Å². The van der Waals surface area contributed by atoms with Gasteiger partial charge in [-0.05, 0) is 84.6 Å². The molecular weight excluding hydrogens is 470 g/mol. The van der Waals surface area contributed by atoms with Gasteiger partial charge in [-0.2, -0.15) is 0 Å². The molecule has 0 saturated carbocycles. The predicted molar refractivity (Wildman–Crippen MR) is 138 cm³/mol. The Hall–Kier alpha value is -2.11. The quantitative estimate of drug-likeness (QED) is 0.383. The van der Waals surface area contributed by atoms with Gasteiger partial charge < -0.3 is 9.64 Å². The van der Waals surface area contributed by atoms with E-state index < -0.39 is 0 Å². The number of nitrogens with zero attached hydrogens (tertiary/aromatic N) is 2. The third-order valence-corrected chi connectivity index (χ3v) is 7.71. The van der Waals surface area contributed by atoms with Crippen LogP contribution in [0.15, 0.2) is 66.7 Å². The second-order valence-corrected chi connectivity index (χ2v) is 10.2. The van der Waals surface area contributed by atoms with Gasteiger partial charge in [0.2, 0.25) is 0 Å². The van der Waals surface area contributed by atoms with Crippen molar-refractivity contribution >= 4 is 28.9 Å². The number of ether oxygens (including phenoxy) is 1. The van der Waals surface area contributed by atoms with Crippen LogP contribution in [-0.2, 0) is 16.8 Å². The fourth-order valence-electron chi connectivity index (χ4n) is 5.41. The number of fused-ring (bicyclic) bond motifs is 1. The monoisotopic (exact) mass is 498 g/mol. The van der Waals surface area contributed by atoms with Crippen molar-refractivity contribution in [3.63, 3.8) is 0 Å². The average Bonchev–Trinajstić information content (AvgIpc) is 2.85. The van der Waals surface area contributed by atoms with E-state index in [1.54, 1.807) is 0 Å². The molecule has 1 unspecified atom stereocenters. The van der Waals surface area contributed by atoms with Crippen molar-refractivity contribution in [1.82, 2.24) is 4.90 Å². The largest absolute Gasteiger partial charge is 0.375 e. The zero-order valence-electron chi connectivity index (χ0n) is 19.2. The van der Waals surface area contributed by atoms with E-state index >= 15 is 0 Å². The predicted octanol–water partition coefficient (Wildman–Crippen LogP) is 6.55. The van der Waals surface area contributed by atoms with E-state index in [0.29, 0.717) is 13.2 Å². The third kappa shape index (κ3) is 4.96. The zero-order valence-corrected chi connectivity index (χ0v) is 20.7. The van der Waals surface area contributed by atoms with E-state index in [0.717, 1.165) is 61.3 Å². The maximum Gasteiger partial charge on any atom is 0.123 e. The van der Waals surface area contributed by atoms with Crippen molar-refractivity contribution in [3.8, 4) is 0 Å². The molecule has 0 radical (unpaired) electrons. The fourth-order valence-corrected chi connectivity index (χ4v) is 5.73. The Balaban J connectivity index is 1.28. The average molecular weight is 499 g/mol. The summed E-state index contributed by atoms with van der Waals surface area (Å²) < 4.78 is 19.4. The van der Waals surface area contributed by atoms with Crippen LogP contribution in [0.25, 0.3) is 0 Å². The van der Waals surface area contributed by atoms with E-state index in [4.69, 9.17) is 27.9 Å². The minimum Gasteiger partial charge on any atom is -0.375 e. The minimum atomic E-state index is -0.210. The molecule has 6 heteroatoms. The van der Waals surface area contributed by atoms with Gasteiger partial charge >= 0.3 is 0 Å². The van der Waals surface area contributed by atoms with Crippen molar-refractivity contribution in [2.45, 2.75) is 24.9 Å². The molecule has 1 fully saturated rings. The lowest BCUT2D eigenvalue weighted by Crippen LogP contribution is -2.47. The Morgan fingerprint density at radius 2 is 1.56 bits per heavy atom. The van der Waals surface area contributed by atoms with Gasteiger partial charge in [0.1, 0.15) is 5.82 Å². The number of benzene rings is 3. The molecule has 1 atom stereocenters. The lowest BCUT2D eigenvalue weighted by molar-refractivity contribution is 0.0600. The molecule has 2 aliphatic rings. The second kappa shape index (κ2) is 10.2. The van der Waals surface area contributed by atoms with Crippen LogP contribution in [0, 0.1) is 5.82 Å². The Morgan fingerprint density at radius 3 is 2.29 bits per heavy atom. The number of rotatable bonds is 6. The summed E-state index contributed by atoms with van der Waals surface area (Å²) in [6.45, 7) is 6.21. The van der Waals surface area contributed by atoms with E-state index in [1.165, 1.54) is 28.8 Å². The zero-order chi connectivity index (χ0) is 23.5. The van der Waals surface area contributed by atoms with Gasteiger partial charge in [0.15, 0.2) is 0 Å². The van der Waals surface area contributed by atoms with Crippen molar-refractivity contribution in [2.24, 2.45) is 0 Å². The summed E-state index contributed by atoms with van der Waals surface area (Å²) in [7, 11) is 0. The van der Waals surface area contributed by atoms with Crippen molar-refractivity contribution < 1.29 is 9.13 Å². The summed E-state index contributed by atoms with van der Waals surface area (Å²) in [4.78, 5) is 4.86. The number of piperazine rings is 1. The molecule has 0 spiro atoms. The van der Waals surface area contributed by atoms with Crippen LogP contribution >= 0.6 is 23.2 Å². The molecule has 3 aromatic rings. The lowest BCUT2D eigenvalue weighted by atomic mass is 9.69. The molecule has 0 bridgehead atoms. The molecule has 3 aromatic carbocycles. The molecule has 0 N–H and O–H groups in total. The SMILES string of the molecule is Fc1ccc(N2CCN(CCCC3(c4ccc(Cl)cc4)COCc4cc(Cl)ccc43)CC2)cc1. The fraction of sp³-hybridized carbons (Fsp3) is 0.357. The highest BCUT2D eigenvalue weighted by Gasteiger charge is 2.39. The van der Waals surface area contributed by atoms with E-state index in [9.17, 15) is 4.39 Å². The highest BCUT2D eigenvalue weighted by Crippen LogP contribution is 2.43. The summed E-state index contributed by atoms with van der Waals surface area (Å²) in [5.74, 6) is -0.187. The molecule has 3 nitrogen and oxygen atoms in total. The number of anilines is 1. The summed E-state index contributed by atoms with van der Waals surface area (Å²) in [5.41, 5.74) is 4.60. The van der Waals surface area contributed by atoms with E-state index in [2.05, 4.69) is 28.0 Å². The Morgan fingerprint density at radius 1 is 0.853 bits per heavy atom. The summed E-state index contributed by atoms with van der Waals surface area (Å²) in [5, 5.41) is 1.49. The van der Waals surface area contributed by atoms with Crippen LogP contribution in [0.3, 0.4) is 0 Å². The Bertz CT molecular complexity index is 1110. The normalized spacial score (nSPS) is 20.9. The summed E-state index contributed by atoms with van der Waals surface area (Å²) >= 11 is 12.5. The minimum absolute atomic E-state index is 0.187. The maximum atomic E-state index is 13.2. The second-order valence-electron chi connectivity index (χ2n) is 9.29. The van der Waals surface area contributed by atoms with Crippen LogP contribution in [0.1, 0.15) is 29.5 Å². The molecule has 2 aliphatic heterocycles. The number of hydrogen-bond donors (Lipinski definition) is 0. The lowest BCUT2D eigenvalue weighted by Gasteiger charge is -2.41. The van der Waals surface area contributed by atoms with E-state index in [-0.39, 0.29) is 11.2 Å². The smallest absolute Gasteiger partial charge is 0.123 e. The first-order chi connectivity index (χ1) is 16.5. The summed E-state index contributed by atoms with van der Waals surface area (Å²) in [6.07, 6.45) is 2.05. The van der Waals surface area contributed by atoms with Gasteiger partial charge in [0.05, 0.1) is 13.2 Å². The standard InChI is InChI=1S/C28H29Cl2FN2O/c29-23-4-2-22(3-5-23)28(20-34-19-21-18-24(30)6-11-27(21)28)12-1-13-32-14-16-33(17-15-32)26-9-7-25(31)8-10-26/h2-11,18H,1,12-17,19-20H2. The molecule has 0 aromatic heterocycles. The number of hydrogen-bond acceptors (Lipinski definition) is 3. The van der Waals surface area contributed by atoms with Gasteiger partial charge in [-0.15, -0.1) is 0 Å². The first-order valence-corrected chi connectivity index (χ1v) is 12.6. The highest BCUT2D eigenvalue weighted by atomic mass is 35.5. The first kappa shape index (κ1) is 23.6. The van der Waals surface area contributed by atoms with Crippen LogP contribution in [-0.4, -0.2) is 44.2 Å². The number of halogens is 3. The van der Waals surface area contributed by atoms with Gasteiger partial charge in [0, 0.05) is 47.3 Å². The van der Waals surface area contributed by atoms with Crippen LogP contribution in [0.4, 0.5) is 10.1 Å².